The van der Waals surface area contributed by atoms with Crippen LogP contribution in [-0.4, -0.2) is 56.8 Å². The Labute approximate surface area is 200 Å². The fraction of sp³-hybridized carbons (Fsp3) is 0.227. The lowest BCUT2D eigenvalue weighted by Gasteiger charge is -2.26. The summed E-state index contributed by atoms with van der Waals surface area (Å²) >= 11 is 3.47. The van der Waals surface area contributed by atoms with E-state index in [2.05, 4.69) is 31.5 Å². The minimum atomic E-state index is -1.55. The molecule has 4 rings (SSSR count). The molecule has 1 aromatic heterocycles. The highest BCUT2D eigenvalue weighted by Gasteiger charge is 2.24. The number of morpholine rings is 1. The predicted molar refractivity (Wildman–Crippen MR) is 129 cm³/mol. The van der Waals surface area contributed by atoms with Gasteiger partial charge in [0.15, 0.2) is 0 Å². The van der Waals surface area contributed by atoms with Crippen LogP contribution in [0.15, 0.2) is 52.0 Å². The van der Waals surface area contributed by atoms with Crippen molar-refractivity contribution in [2.45, 2.75) is 11.8 Å². The number of rotatable bonds is 6. The van der Waals surface area contributed by atoms with Crippen LogP contribution in [-0.2, 0) is 20.5 Å². The first-order chi connectivity index (χ1) is 15.8. The molecule has 3 aromatic rings. The van der Waals surface area contributed by atoms with Crippen molar-refractivity contribution in [2.24, 2.45) is 0 Å². The topological polar surface area (TPSA) is 121 Å². The van der Waals surface area contributed by atoms with E-state index in [1.165, 1.54) is 13.0 Å². The molecular formula is C22H21BrN4O5S. The minimum Gasteiger partial charge on any atom is -0.478 e. The van der Waals surface area contributed by atoms with E-state index in [9.17, 15) is 18.9 Å². The zero-order valence-electron chi connectivity index (χ0n) is 17.6. The first-order valence-electron chi connectivity index (χ1n) is 10.1. The quantitative estimate of drug-likeness (QED) is 0.441. The van der Waals surface area contributed by atoms with Crippen LogP contribution in [0.3, 0.4) is 0 Å². The van der Waals surface area contributed by atoms with Crippen molar-refractivity contribution in [1.29, 1.82) is 0 Å². The molecule has 0 bridgehead atoms. The Balaban J connectivity index is 1.87. The smallest absolute Gasteiger partial charge is 0.339 e. The van der Waals surface area contributed by atoms with E-state index >= 15 is 0 Å². The number of anilines is 3. The maximum Gasteiger partial charge on any atom is 0.339 e. The summed E-state index contributed by atoms with van der Waals surface area (Å²) in [5, 5.41) is 16.3. The third kappa shape index (κ3) is 5.06. The van der Waals surface area contributed by atoms with E-state index in [0.29, 0.717) is 47.8 Å². The average Bonchev–Trinajstić information content (AvgIpc) is 2.79. The third-order valence-electron chi connectivity index (χ3n) is 5.04. The molecule has 33 heavy (non-hydrogen) atoms. The maximum absolute atomic E-state index is 13.5. The van der Waals surface area contributed by atoms with Gasteiger partial charge in [-0.05, 0) is 30.3 Å². The number of fused-ring (bicyclic) bond motifs is 1. The number of aromatic nitrogens is 1. The number of aromatic carboxylic acids is 1. The SMILES string of the molecule is CC(=O)Nc1cccc(Nc2c(S(=O)N3CCOCC3)cnc3ccc(Br)cc23)c1C(=O)O. The lowest BCUT2D eigenvalue weighted by Crippen LogP contribution is -2.37. The van der Waals surface area contributed by atoms with Crippen LogP contribution in [0.2, 0.25) is 0 Å². The highest BCUT2D eigenvalue weighted by atomic mass is 79.9. The monoisotopic (exact) mass is 532 g/mol. The second-order valence-corrected chi connectivity index (χ2v) is 9.66. The molecule has 1 amide bonds. The molecule has 1 saturated heterocycles. The second kappa shape index (κ2) is 9.96. The highest BCUT2D eigenvalue weighted by molar-refractivity contribution is 9.10. The van der Waals surface area contributed by atoms with Gasteiger partial charge < -0.3 is 20.5 Å². The second-order valence-electron chi connectivity index (χ2n) is 7.29. The molecule has 1 fully saturated rings. The maximum atomic E-state index is 13.5. The van der Waals surface area contributed by atoms with Crippen LogP contribution >= 0.6 is 15.9 Å². The van der Waals surface area contributed by atoms with Crippen molar-refractivity contribution in [3.8, 4) is 0 Å². The van der Waals surface area contributed by atoms with Crippen LogP contribution in [0.5, 0.6) is 0 Å². The number of hydrogen-bond acceptors (Lipinski definition) is 6. The van der Waals surface area contributed by atoms with Gasteiger partial charge in [-0.3, -0.25) is 9.78 Å². The number of pyridine rings is 1. The summed E-state index contributed by atoms with van der Waals surface area (Å²) < 4.78 is 21.4. The Morgan fingerprint density at radius 1 is 1.18 bits per heavy atom. The van der Waals surface area contributed by atoms with Gasteiger partial charge in [0.25, 0.3) is 0 Å². The largest absolute Gasteiger partial charge is 0.478 e. The van der Waals surface area contributed by atoms with Crippen molar-refractivity contribution < 1.29 is 23.6 Å². The van der Waals surface area contributed by atoms with Crippen molar-refractivity contribution in [3.05, 3.63) is 52.6 Å². The Kier molecular flexibility index (Phi) is 7.03. The normalized spacial score (nSPS) is 15.2. The van der Waals surface area contributed by atoms with Crippen LogP contribution in [0.4, 0.5) is 17.1 Å². The van der Waals surface area contributed by atoms with E-state index in [1.807, 2.05) is 18.2 Å². The lowest BCUT2D eigenvalue weighted by molar-refractivity contribution is -0.114. The van der Waals surface area contributed by atoms with Gasteiger partial charge in [0, 0.05) is 36.1 Å². The minimum absolute atomic E-state index is 0.101. The van der Waals surface area contributed by atoms with Crippen LogP contribution in [0.1, 0.15) is 17.3 Å². The van der Waals surface area contributed by atoms with Crippen LogP contribution in [0.25, 0.3) is 10.9 Å². The number of nitrogens with zero attached hydrogens (tertiary/aromatic N) is 2. The van der Waals surface area contributed by atoms with Gasteiger partial charge in [-0.2, -0.15) is 0 Å². The molecule has 2 heterocycles. The zero-order chi connectivity index (χ0) is 23.5. The first kappa shape index (κ1) is 23.3. The van der Waals surface area contributed by atoms with Gasteiger partial charge in [0.2, 0.25) is 5.91 Å². The number of nitrogens with one attached hydrogen (secondary N) is 2. The Hall–Kier alpha value is -2.86. The lowest BCUT2D eigenvalue weighted by atomic mass is 10.1. The summed E-state index contributed by atoms with van der Waals surface area (Å²) in [5.74, 6) is -1.60. The number of halogens is 1. The van der Waals surface area contributed by atoms with E-state index in [0.717, 1.165) is 4.47 Å². The van der Waals surface area contributed by atoms with E-state index < -0.39 is 17.0 Å². The summed E-state index contributed by atoms with van der Waals surface area (Å²) in [7, 11) is -1.55. The zero-order valence-corrected chi connectivity index (χ0v) is 20.0. The molecule has 172 valence electrons. The number of carbonyl (C=O) groups excluding carboxylic acids is 1. The Morgan fingerprint density at radius 3 is 2.61 bits per heavy atom. The summed E-state index contributed by atoms with van der Waals surface area (Å²) in [4.78, 5) is 28.6. The van der Waals surface area contributed by atoms with Gasteiger partial charge in [0.1, 0.15) is 16.5 Å². The van der Waals surface area contributed by atoms with Crippen molar-refractivity contribution in [2.75, 3.05) is 36.9 Å². The Morgan fingerprint density at radius 2 is 1.91 bits per heavy atom. The van der Waals surface area contributed by atoms with E-state index in [-0.39, 0.29) is 22.8 Å². The number of carboxylic acids is 1. The first-order valence-corrected chi connectivity index (χ1v) is 12.0. The molecule has 1 aliphatic heterocycles. The molecule has 0 radical (unpaired) electrons. The molecule has 1 atom stereocenters. The number of benzene rings is 2. The third-order valence-corrected chi connectivity index (χ3v) is 7.05. The fourth-order valence-corrected chi connectivity index (χ4v) is 5.17. The molecule has 2 aromatic carbocycles. The van der Waals surface area contributed by atoms with Gasteiger partial charge in [-0.1, -0.05) is 22.0 Å². The summed E-state index contributed by atoms with van der Waals surface area (Å²) in [6.45, 7) is 3.26. The fourth-order valence-electron chi connectivity index (χ4n) is 3.57. The molecule has 3 N–H and O–H groups in total. The molecule has 0 aliphatic carbocycles. The molecule has 11 heteroatoms. The molecule has 1 aliphatic rings. The average molecular weight is 533 g/mol. The summed E-state index contributed by atoms with van der Waals surface area (Å²) in [6, 6.07) is 10.3. The van der Waals surface area contributed by atoms with E-state index in [1.54, 1.807) is 22.6 Å². The van der Waals surface area contributed by atoms with Gasteiger partial charge >= 0.3 is 5.97 Å². The van der Waals surface area contributed by atoms with Gasteiger partial charge in [0.05, 0.1) is 40.7 Å². The number of carboxylic acid groups (broad SMARTS) is 1. The van der Waals surface area contributed by atoms with Crippen LogP contribution in [0, 0.1) is 0 Å². The standard InChI is InChI=1S/C22H21BrN4O5S/c1-13(28)25-17-3-2-4-18(20(17)22(29)30)26-21-15-11-14(23)5-6-16(15)24-12-19(21)33(31)27-7-9-32-10-8-27/h2-6,11-12H,7-10H2,1H3,(H,24,26)(H,25,28)(H,29,30). The van der Waals surface area contributed by atoms with Gasteiger partial charge in [-0.25, -0.2) is 13.3 Å². The number of ether oxygens (including phenoxy) is 1. The molecular weight excluding hydrogens is 512 g/mol. The summed E-state index contributed by atoms with van der Waals surface area (Å²) in [5.41, 5.74) is 1.44. The highest BCUT2D eigenvalue weighted by Crippen LogP contribution is 2.36. The number of amides is 1. The Bertz CT molecular complexity index is 1260. The van der Waals surface area contributed by atoms with Crippen molar-refractivity contribution in [1.82, 2.24) is 9.29 Å². The van der Waals surface area contributed by atoms with Gasteiger partial charge in [-0.15, -0.1) is 0 Å². The predicted octanol–water partition coefficient (Wildman–Crippen LogP) is 3.75. The number of hydrogen-bond donors (Lipinski definition) is 3. The molecule has 0 saturated carbocycles. The van der Waals surface area contributed by atoms with Crippen LogP contribution < -0.4 is 10.6 Å². The number of carbonyl (C=O) groups is 2. The van der Waals surface area contributed by atoms with E-state index in [4.69, 9.17) is 4.74 Å². The molecule has 0 spiro atoms. The molecule has 1 unspecified atom stereocenters. The van der Waals surface area contributed by atoms with Crippen molar-refractivity contribution in [3.63, 3.8) is 0 Å². The molecule has 9 nitrogen and oxygen atoms in total. The van der Waals surface area contributed by atoms with Crippen molar-refractivity contribution >= 4 is 66.8 Å². The summed E-state index contributed by atoms with van der Waals surface area (Å²) in [6.07, 6.45) is 1.54.